The lowest BCUT2D eigenvalue weighted by Crippen LogP contribution is -2.53. The van der Waals surface area contributed by atoms with Gasteiger partial charge in [-0.3, -0.25) is 4.79 Å². The molecule has 3 aliphatic heterocycles. The Morgan fingerprint density at radius 1 is 1.41 bits per heavy atom. The van der Waals surface area contributed by atoms with Crippen molar-refractivity contribution in [3.8, 4) is 0 Å². The summed E-state index contributed by atoms with van der Waals surface area (Å²) in [5.74, 6) is -2.09. The molecule has 1 aromatic carbocycles. The number of hydrogen-bond acceptors (Lipinski definition) is 4. The number of carboxylic acids is 1. The molecule has 3 heterocycles. The Balaban J connectivity index is 1.68. The number of ether oxygens (including phenoxy) is 1. The summed E-state index contributed by atoms with van der Waals surface area (Å²) in [5, 5.41) is 11.7. The Labute approximate surface area is 128 Å². The van der Waals surface area contributed by atoms with E-state index in [2.05, 4.69) is 0 Å². The van der Waals surface area contributed by atoms with Crippen LogP contribution in [0.1, 0.15) is 12.5 Å². The zero-order chi connectivity index (χ0) is 15.5. The second-order valence-corrected chi connectivity index (χ2v) is 6.54. The third-order valence-corrected chi connectivity index (χ3v) is 5.23. The molecule has 4 atom stereocenters. The van der Waals surface area contributed by atoms with E-state index in [-0.39, 0.29) is 5.91 Å². The predicted octanol–water partition coefficient (Wildman–Crippen LogP) is 0.109. The molecule has 114 valence electrons. The van der Waals surface area contributed by atoms with Gasteiger partial charge in [-0.05, 0) is 5.56 Å². The summed E-state index contributed by atoms with van der Waals surface area (Å²) < 4.78 is 5.90. The molecule has 1 amide bonds. The normalized spacial score (nSPS) is 38.6. The molecule has 0 aliphatic carbocycles. The zero-order valence-electron chi connectivity index (χ0n) is 12.2. The molecule has 4 rings (SSSR count). The van der Waals surface area contributed by atoms with Crippen LogP contribution in [0.15, 0.2) is 42.5 Å². The minimum absolute atomic E-state index is 0.164. The molecule has 2 bridgehead atoms. The van der Waals surface area contributed by atoms with Gasteiger partial charge in [-0.1, -0.05) is 49.4 Å². The summed E-state index contributed by atoms with van der Waals surface area (Å²) in [4.78, 5) is 26.2. The van der Waals surface area contributed by atoms with Crippen LogP contribution in [0.4, 0.5) is 0 Å². The summed E-state index contributed by atoms with van der Waals surface area (Å²) in [6, 6.07) is 9.66. The maximum absolute atomic E-state index is 12.8. The molecule has 1 spiro atoms. The number of benzene rings is 1. The van der Waals surface area contributed by atoms with Gasteiger partial charge < -0.3 is 19.5 Å². The first-order valence-electron chi connectivity index (χ1n) is 7.39. The third-order valence-electron chi connectivity index (χ3n) is 5.23. The van der Waals surface area contributed by atoms with Crippen molar-refractivity contribution < 1.29 is 19.4 Å². The molecule has 5 nitrogen and oxygen atoms in total. The second-order valence-electron chi connectivity index (χ2n) is 6.54. The fourth-order valence-electron chi connectivity index (χ4n) is 4.10. The van der Waals surface area contributed by atoms with Gasteiger partial charge in [0.2, 0.25) is 5.91 Å². The number of fused-ring (bicyclic) bond motifs is 1. The lowest BCUT2D eigenvalue weighted by Gasteiger charge is -2.35. The molecule has 2 fully saturated rings. The van der Waals surface area contributed by atoms with E-state index >= 15 is 0 Å². The van der Waals surface area contributed by atoms with Gasteiger partial charge in [-0.2, -0.15) is 0 Å². The Hall–Kier alpha value is -2.14. The first-order valence-corrected chi connectivity index (χ1v) is 7.39. The zero-order valence-corrected chi connectivity index (χ0v) is 12.2. The fourth-order valence-corrected chi connectivity index (χ4v) is 4.10. The summed E-state index contributed by atoms with van der Waals surface area (Å²) >= 11 is 0. The molecule has 0 radical (unpaired) electrons. The van der Waals surface area contributed by atoms with E-state index in [0.29, 0.717) is 13.1 Å². The molecule has 3 aliphatic rings. The lowest BCUT2D eigenvalue weighted by molar-refractivity contribution is -0.321. The lowest BCUT2D eigenvalue weighted by atomic mass is 9.66. The number of carboxylic acid groups (broad SMARTS) is 1. The van der Waals surface area contributed by atoms with Crippen molar-refractivity contribution >= 4 is 11.9 Å². The van der Waals surface area contributed by atoms with Crippen molar-refractivity contribution in [3.63, 3.8) is 0 Å². The maximum atomic E-state index is 12.8. The van der Waals surface area contributed by atoms with Crippen LogP contribution in [0.5, 0.6) is 0 Å². The summed E-state index contributed by atoms with van der Waals surface area (Å²) in [6.07, 6.45) is 3.03. The van der Waals surface area contributed by atoms with Gasteiger partial charge in [0.1, 0.15) is 5.60 Å². The van der Waals surface area contributed by atoms with Gasteiger partial charge >= 0.3 is 0 Å². The monoisotopic (exact) mass is 298 g/mol. The molecule has 5 heteroatoms. The van der Waals surface area contributed by atoms with E-state index in [1.807, 2.05) is 36.4 Å². The molecule has 0 saturated carbocycles. The number of hydrogen-bond donors (Lipinski definition) is 0. The summed E-state index contributed by atoms with van der Waals surface area (Å²) in [7, 11) is 0. The van der Waals surface area contributed by atoms with E-state index in [1.54, 1.807) is 17.9 Å². The smallest absolute Gasteiger partial charge is 0.230 e. The largest absolute Gasteiger partial charge is 0.549 e. The van der Waals surface area contributed by atoms with Crippen LogP contribution in [-0.2, 0) is 20.9 Å². The van der Waals surface area contributed by atoms with Gasteiger partial charge in [0.25, 0.3) is 0 Å². The number of carbonyl (C=O) groups is 2. The van der Waals surface area contributed by atoms with Crippen molar-refractivity contribution in [2.24, 2.45) is 11.3 Å². The van der Waals surface area contributed by atoms with Crippen LogP contribution < -0.4 is 5.11 Å². The highest BCUT2D eigenvalue weighted by atomic mass is 16.5. The quantitative estimate of drug-likeness (QED) is 0.743. The molecular formula is C17H16NO4-. The SMILES string of the molecule is C[C@]1(C(=O)[O-])[C@@H]2C=C[C@]3(CN(Cc4ccccc4)C(=O)[C@H]13)O2. The summed E-state index contributed by atoms with van der Waals surface area (Å²) in [6.45, 7) is 2.41. The Bertz CT molecular complexity index is 685. The van der Waals surface area contributed by atoms with E-state index < -0.39 is 29.0 Å². The Morgan fingerprint density at radius 3 is 2.82 bits per heavy atom. The van der Waals surface area contributed by atoms with Crippen molar-refractivity contribution in [2.45, 2.75) is 25.2 Å². The van der Waals surface area contributed by atoms with Gasteiger partial charge in [0.05, 0.1) is 30.0 Å². The van der Waals surface area contributed by atoms with Gasteiger partial charge in [0, 0.05) is 6.54 Å². The van der Waals surface area contributed by atoms with Gasteiger partial charge in [-0.15, -0.1) is 0 Å². The second kappa shape index (κ2) is 4.20. The minimum atomic E-state index is -1.29. The van der Waals surface area contributed by atoms with Crippen LogP contribution in [0, 0.1) is 11.3 Å². The Kier molecular flexibility index (Phi) is 2.58. The topological polar surface area (TPSA) is 69.7 Å². The summed E-state index contributed by atoms with van der Waals surface area (Å²) in [5.41, 5.74) is -1.09. The molecule has 0 N–H and O–H groups in total. The molecular weight excluding hydrogens is 282 g/mol. The molecule has 0 unspecified atom stereocenters. The van der Waals surface area contributed by atoms with Crippen molar-refractivity contribution in [3.05, 3.63) is 48.0 Å². The van der Waals surface area contributed by atoms with E-state index in [0.717, 1.165) is 5.56 Å². The standard InChI is InChI=1S/C17H17NO4/c1-16(15(20)21)12-7-8-17(22-12)10-18(14(19)13(16)17)9-11-5-3-2-4-6-11/h2-8,12-13H,9-10H2,1H3,(H,20,21)/p-1/t12-,13+,16-,17+/m0/s1. The highest BCUT2D eigenvalue weighted by Crippen LogP contribution is 2.58. The van der Waals surface area contributed by atoms with Crippen LogP contribution >= 0.6 is 0 Å². The molecule has 1 aromatic rings. The number of aliphatic carboxylic acids is 1. The molecule has 22 heavy (non-hydrogen) atoms. The molecule has 2 saturated heterocycles. The van der Waals surface area contributed by atoms with Crippen LogP contribution in [0.3, 0.4) is 0 Å². The van der Waals surface area contributed by atoms with Gasteiger partial charge in [-0.25, -0.2) is 0 Å². The number of likely N-dealkylation sites (tertiary alicyclic amines) is 1. The molecule has 0 aromatic heterocycles. The van der Waals surface area contributed by atoms with E-state index in [9.17, 15) is 14.7 Å². The van der Waals surface area contributed by atoms with Crippen molar-refractivity contribution in [2.75, 3.05) is 6.54 Å². The Morgan fingerprint density at radius 2 is 2.14 bits per heavy atom. The van der Waals surface area contributed by atoms with E-state index in [4.69, 9.17) is 4.74 Å². The van der Waals surface area contributed by atoms with Crippen LogP contribution in [-0.4, -0.2) is 35.0 Å². The van der Waals surface area contributed by atoms with E-state index in [1.165, 1.54) is 0 Å². The number of carbonyl (C=O) groups excluding carboxylic acids is 2. The maximum Gasteiger partial charge on any atom is 0.230 e. The average Bonchev–Trinajstić information content (AvgIpc) is 3.10. The third kappa shape index (κ3) is 1.52. The van der Waals surface area contributed by atoms with Crippen molar-refractivity contribution in [1.82, 2.24) is 4.90 Å². The highest BCUT2D eigenvalue weighted by molar-refractivity contribution is 5.92. The highest BCUT2D eigenvalue weighted by Gasteiger charge is 2.70. The fraction of sp³-hybridized carbons (Fsp3) is 0.412. The van der Waals surface area contributed by atoms with Crippen LogP contribution in [0.25, 0.3) is 0 Å². The number of rotatable bonds is 3. The number of nitrogens with zero attached hydrogens (tertiary/aromatic N) is 1. The van der Waals surface area contributed by atoms with Crippen LogP contribution in [0.2, 0.25) is 0 Å². The predicted molar refractivity (Wildman–Crippen MR) is 75.2 cm³/mol. The first-order chi connectivity index (χ1) is 10.5. The first kappa shape index (κ1) is 13.5. The van der Waals surface area contributed by atoms with Crippen molar-refractivity contribution in [1.29, 1.82) is 0 Å². The van der Waals surface area contributed by atoms with Gasteiger partial charge in [0.15, 0.2) is 0 Å². The average molecular weight is 298 g/mol. The minimum Gasteiger partial charge on any atom is -0.549 e. The number of amides is 1.